The van der Waals surface area contributed by atoms with E-state index >= 15 is 0 Å². The minimum absolute atomic E-state index is 0.550. The Kier molecular flexibility index (Phi) is 5.63. The van der Waals surface area contributed by atoms with Crippen LogP contribution in [0.2, 0.25) is 0 Å². The molecule has 0 aliphatic heterocycles. The number of aliphatic imine (C=N–C) groups is 2. The number of rotatable bonds is 4. The molecule has 1 atom stereocenters. The van der Waals surface area contributed by atoms with Crippen molar-refractivity contribution in [2.75, 3.05) is 0 Å². The van der Waals surface area contributed by atoms with Gasteiger partial charge in [0.15, 0.2) is 0 Å². The van der Waals surface area contributed by atoms with Gasteiger partial charge in [-0.2, -0.15) is 0 Å². The zero-order valence-corrected chi connectivity index (χ0v) is 6.62. The van der Waals surface area contributed by atoms with Crippen LogP contribution in [-0.4, -0.2) is 12.9 Å². The van der Waals surface area contributed by atoms with Crippen molar-refractivity contribution in [2.24, 2.45) is 15.9 Å². The Hall–Kier alpha value is -0.920. The van der Waals surface area contributed by atoms with Crippen LogP contribution in [0.3, 0.4) is 0 Å². The summed E-state index contributed by atoms with van der Waals surface area (Å²) in [5, 5.41) is 0. The van der Waals surface area contributed by atoms with Gasteiger partial charge in [0.2, 0.25) is 0 Å². The maximum atomic E-state index is 3.99. The van der Waals surface area contributed by atoms with Gasteiger partial charge in [-0.25, -0.2) is 0 Å². The molecule has 0 saturated carbocycles. The smallest absolute Gasteiger partial charge is 0.0446 e. The van der Waals surface area contributed by atoms with E-state index in [4.69, 9.17) is 0 Å². The monoisotopic (exact) mass is 138 g/mol. The summed E-state index contributed by atoms with van der Waals surface area (Å²) in [6.45, 7) is 7.54. The lowest BCUT2D eigenvalue weighted by Gasteiger charge is -1.95. The highest BCUT2D eigenvalue weighted by Crippen LogP contribution is 1.95. The van der Waals surface area contributed by atoms with Crippen LogP contribution < -0.4 is 0 Å². The summed E-state index contributed by atoms with van der Waals surface area (Å²) in [7, 11) is 0. The highest BCUT2D eigenvalue weighted by molar-refractivity contribution is 5.60. The van der Waals surface area contributed by atoms with Crippen molar-refractivity contribution in [3.8, 4) is 0 Å². The molecule has 0 aromatic rings. The lowest BCUT2D eigenvalue weighted by atomic mass is 10.1. The third-order valence-electron chi connectivity index (χ3n) is 1.24. The molecule has 10 heavy (non-hydrogen) atoms. The van der Waals surface area contributed by atoms with Crippen LogP contribution in [0.25, 0.3) is 0 Å². The molecule has 0 aliphatic carbocycles. The molecule has 0 aliphatic rings. The highest BCUT2D eigenvalue weighted by atomic mass is 14.7. The van der Waals surface area contributed by atoms with Gasteiger partial charge in [0.25, 0.3) is 0 Å². The second kappa shape index (κ2) is 6.20. The average Bonchev–Trinajstić information content (AvgIpc) is 1.98. The number of hydrogen-bond acceptors (Lipinski definition) is 2. The molecule has 56 valence electrons. The topological polar surface area (TPSA) is 24.7 Å². The molecule has 0 fully saturated rings. The Labute approximate surface area is 62.4 Å². The molecule has 0 N–H and O–H groups in total. The van der Waals surface area contributed by atoms with E-state index in [0.717, 1.165) is 6.42 Å². The first-order valence-corrected chi connectivity index (χ1v) is 3.45. The summed E-state index contributed by atoms with van der Waals surface area (Å²) in [4.78, 5) is 7.51. The van der Waals surface area contributed by atoms with E-state index in [0.29, 0.717) is 5.92 Å². The largest absolute Gasteiger partial charge is 0.271 e. The van der Waals surface area contributed by atoms with Crippen LogP contribution in [-0.2, 0) is 0 Å². The Morgan fingerprint density at radius 2 is 2.20 bits per heavy atom. The van der Waals surface area contributed by atoms with Crippen molar-refractivity contribution < 1.29 is 0 Å². The molecular weight excluding hydrogens is 124 g/mol. The molecule has 0 heterocycles. The zero-order chi connectivity index (χ0) is 7.82. The average molecular weight is 138 g/mol. The standard InChI is InChI=1S/C8H14N2/c1-4-8(2)7-10-6-5-9-3/h5-8H,3-4H2,1-2H3/b6-5+,10-7?. The van der Waals surface area contributed by atoms with Crippen molar-refractivity contribution in [1.29, 1.82) is 0 Å². The van der Waals surface area contributed by atoms with Gasteiger partial charge >= 0.3 is 0 Å². The summed E-state index contributed by atoms with van der Waals surface area (Å²) in [5.41, 5.74) is 0. The van der Waals surface area contributed by atoms with Gasteiger partial charge in [0.05, 0.1) is 0 Å². The lowest BCUT2D eigenvalue weighted by Crippen LogP contribution is -1.90. The number of nitrogens with zero attached hydrogens (tertiary/aromatic N) is 2. The van der Waals surface area contributed by atoms with E-state index in [1.165, 1.54) is 0 Å². The first kappa shape index (κ1) is 9.08. The maximum Gasteiger partial charge on any atom is 0.0446 e. The van der Waals surface area contributed by atoms with Gasteiger partial charge < -0.3 is 0 Å². The third kappa shape index (κ3) is 5.22. The third-order valence-corrected chi connectivity index (χ3v) is 1.24. The van der Waals surface area contributed by atoms with Crippen LogP contribution in [0.15, 0.2) is 22.4 Å². The van der Waals surface area contributed by atoms with Crippen LogP contribution >= 0.6 is 0 Å². The summed E-state index contributed by atoms with van der Waals surface area (Å²) < 4.78 is 0. The molecular formula is C8H14N2. The van der Waals surface area contributed by atoms with Crippen LogP contribution in [0.1, 0.15) is 20.3 Å². The van der Waals surface area contributed by atoms with E-state index in [2.05, 4.69) is 30.5 Å². The lowest BCUT2D eigenvalue weighted by molar-refractivity contribution is 0.754. The van der Waals surface area contributed by atoms with Crippen LogP contribution in [0, 0.1) is 5.92 Å². The molecule has 2 heteroatoms. The predicted molar refractivity (Wildman–Crippen MR) is 46.6 cm³/mol. The Bertz CT molecular complexity index is 136. The minimum atomic E-state index is 0.550. The van der Waals surface area contributed by atoms with Gasteiger partial charge in [-0.1, -0.05) is 13.8 Å². The van der Waals surface area contributed by atoms with Crippen molar-refractivity contribution in [3.05, 3.63) is 12.4 Å². The van der Waals surface area contributed by atoms with Crippen molar-refractivity contribution >= 4 is 12.9 Å². The van der Waals surface area contributed by atoms with Crippen LogP contribution in [0.4, 0.5) is 0 Å². The molecule has 0 amide bonds. The first-order valence-electron chi connectivity index (χ1n) is 3.45. The molecule has 0 spiro atoms. The van der Waals surface area contributed by atoms with Crippen molar-refractivity contribution in [3.63, 3.8) is 0 Å². The fourth-order valence-corrected chi connectivity index (χ4v) is 0.388. The Balaban J connectivity index is 3.54. The molecule has 0 saturated heterocycles. The van der Waals surface area contributed by atoms with Crippen LogP contribution in [0.5, 0.6) is 0 Å². The maximum absolute atomic E-state index is 3.99. The molecule has 0 bridgehead atoms. The molecule has 0 rings (SSSR count). The van der Waals surface area contributed by atoms with E-state index in [9.17, 15) is 0 Å². The summed E-state index contributed by atoms with van der Waals surface area (Å²) in [5.74, 6) is 0.550. The second-order valence-electron chi connectivity index (χ2n) is 2.16. The van der Waals surface area contributed by atoms with Gasteiger partial charge in [0.1, 0.15) is 0 Å². The molecule has 0 radical (unpaired) electrons. The minimum Gasteiger partial charge on any atom is -0.271 e. The van der Waals surface area contributed by atoms with Gasteiger partial charge in [0, 0.05) is 18.6 Å². The fourth-order valence-electron chi connectivity index (χ4n) is 0.388. The van der Waals surface area contributed by atoms with Crippen molar-refractivity contribution in [2.45, 2.75) is 20.3 Å². The van der Waals surface area contributed by atoms with E-state index in [-0.39, 0.29) is 0 Å². The van der Waals surface area contributed by atoms with Gasteiger partial charge in [-0.3, -0.25) is 9.98 Å². The molecule has 0 aromatic heterocycles. The summed E-state index contributed by atoms with van der Waals surface area (Å²) >= 11 is 0. The van der Waals surface area contributed by atoms with E-state index in [1.807, 2.05) is 6.21 Å². The molecule has 0 aromatic carbocycles. The SMILES string of the molecule is C=N/C=C/N=CC(C)CC. The molecule has 2 nitrogen and oxygen atoms in total. The normalized spacial score (nSPS) is 14.6. The number of hydrogen-bond donors (Lipinski definition) is 0. The first-order chi connectivity index (χ1) is 4.81. The zero-order valence-electron chi connectivity index (χ0n) is 6.62. The van der Waals surface area contributed by atoms with Crippen molar-refractivity contribution in [1.82, 2.24) is 0 Å². The fraction of sp³-hybridized carbons (Fsp3) is 0.500. The Morgan fingerprint density at radius 3 is 2.70 bits per heavy atom. The van der Waals surface area contributed by atoms with E-state index < -0.39 is 0 Å². The van der Waals surface area contributed by atoms with Gasteiger partial charge in [-0.05, 0) is 19.1 Å². The second-order valence-corrected chi connectivity index (χ2v) is 2.16. The predicted octanol–water partition coefficient (Wildman–Crippen LogP) is 2.28. The molecule has 1 unspecified atom stereocenters. The summed E-state index contributed by atoms with van der Waals surface area (Å²) in [6.07, 6.45) is 6.23. The quantitative estimate of drug-likeness (QED) is 0.532. The van der Waals surface area contributed by atoms with E-state index in [1.54, 1.807) is 12.4 Å². The van der Waals surface area contributed by atoms with Gasteiger partial charge in [-0.15, -0.1) is 0 Å². The summed E-state index contributed by atoms with van der Waals surface area (Å²) in [6, 6.07) is 0. The Morgan fingerprint density at radius 1 is 1.50 bits per heavy atom. The highest BCUT2D eigenvalue weighted by Gasteiger charge is 1.88.